The van der Waals surface area contributed by atoms with Crippen molar-refractivity contribution in [2.45, 2.75) is 98.2 Å². The van der Waals surface area contributed by atoms with Crippen LogP contribution in [0, 0.1) is 24.7 Å². The Morgan fingerprint density at radius 1 is 0.891 bits per heavy atom. The van der Waals surface area contributed by atoms with Crippen LogP contribution in [0.3, 0.4) is 0 Å². The van der Waals surface area contributed by atoms with E-state index in [4.69, 9.17) is 9.97 Å². The van der Waals surface area contributed by atoms with Crippen molar-refractivity contribution in [2.75, 3.05) is 25.0 Å². The van der Waals surface area contributed by atoms with Gasteiger partial charge in [-0.3, -0.25) is 19.4 Å². The maximum absolute atomic E-state index is 16.0. The van der Waals surface area contributed by atoms with Gasteiger partial charge in [0, 0.05) is 76.2 Å². The van der Waals surface area contributed by atoms with Crippen LogP contribution < -0.4 is 5.32 Å². The molecule has 2 aromatic carbocycles. The zero-order valence-corrected chi connectivity index (χ0v) is 33.1. The van der Waals surface area contributed by atoms with E-state index in [0.29, 0.717) is 29.9 Å². The van der Waals surface area contributed by atoms with Crippen molar-refractivity contribution in [2.24, 2.45) is 24.9 Å². The topological polar surface area (TPSA) is 109 Å². The Labute approximate surface area is 323 Å². The van der Waals surface area contributed by atoms with Crippen LogP contribution in [0.25, 0.3) is 23.0 Å². The summed E-state index contributed by atoms with van der Waals surface area (Å²) in [4.78, 5) is 40.2. The Balaban J connectivity index is 0.965. The van der Waals surface area contributed by atoms with Crippen molar-refractivity contribution in [3.8, 4) is 11.1 Å². The number of amides is 1. The smallest absolute Gasteiger partial charge is 0.309 e. The van der Waals surface area contributed by atoms with Crippen LogP contribution in [0.15, 0.2) is 36.4 Å². The summed E-state index contributed by atoms with van der Waals surface area (Å²) in [7, 11) is 3.82. The molecule has 1 amide bonds. The Kier molecular flexibility index (Phi) is 9.60. The van der Waals surface area contributed by atoms with Gasteiger partial charge in [-0.1, -0.05) is 30.3 Å². The second-order valence-corrected chi connectivity index (χ2v) is 17.1. The summed E-state index contributed by atoms with van der Waals surface area (Å²) in [6.07, 6.45) is 8.73. The lowest BCUT2D eigenvalue weighted by Crippen LogP contribution is -2.36. The van der Waals surface area contributed by atoms with Crippen LogP contribution >= 0.6 is 0 Å². The number of benzene rings is 2. The van der Waals surface area contributed by atoms with Gasteiger partial charge in [-0.2, -0.15) is 0 Å². The van der Waals surface area contributed by atoms with Gasteiger partial charge in [0.1, 0.15) is 0 Å². The maximum atomic E-state index is 16.0. The summed E-state index contributed by atoms with van der Waals surface area (Å²) >= 11 is 0. The summed E-state index contributed by atoms with van der Waals surface area (Å²) in [6.45, 7) is 12.6. The van der Waals surface area contributed by atoms with Gasteiger partial charge in [0.15, 0.2) is 17.5 Å². The van der Waals surface area contributed by atoms with Crippen molar-refractivity contribution < 1.29 is 19.1 Å². The number of nitrogens with one attached hydrogen (secondary N) is 1. The monoisotopic (exact) mass is 747 g/mol. The molecule has 10 nitrogen and oxygen atoms in total. The second kappa shape index (κ2) is 14.2. The molecule has 2 aliphatic carbocycles. The first-order chi connectivity index (χ1) is 26.3. The Morgan fingerprint density at radius 3 is 2.22 bits per heavy atom. The van der Waals surface area contributed by atoms with Gasteiger partial charge >= 0.3 is 5.97 Å². The first kappa shape index (κ1) is 37.3. The number of carboxylic acids is 1. The minimum atomic E-state index is -0.613. The number of halogens is 1. The van der Waals surface area contributed by atoms with E-state index in [-0.39, 0.29) is 17.1 Å². The van der Waals surface area contributed by atoms with E-state index in [1.165, 1.54) is 0 Å². The van der Waals surface area contributed by atoms with E-state index in [9.17, 15) is 14.7 Å². The molecule has 0 atom stereocenters. The van der Waals surface area contributed by atoms with Crippen LogP contribution in [0.5, 0.6) is 0 Å². The van der Waals surface area contributed by atoms with Crippen LogP contribution in [0.1, 0.15) is 108 Å². The molecule has 2 fully saturated rings. The third kappa shape index (κ3) is 6.63. The van der Waals surface area contributed by atoms with Gasteiger partial charge in [0.05, 0.1) is 16.8 Å². The number of carbonyl (C=O) groups excluding carboxylic acids is 1. The summed E-state index contributed by atoms with van der Waals surface area (Å²) in [5, 5.41) is 13.0. The van der Waals surface area contributed by atoms with Crippen LogP contribution in [-0.2, 0) is 44.8 Å². The minimum Gasteiger partial charge on any atom is -0.481 e. The summed E-state index contributed by atoms with van der Waals surface area (Å²) < 4.78 is 19.8. The van der Waals surface area contributed by atoms with Crippen LogP contribution in [0.2, 0.25) is 0 Å². The molecule has 2 aliphatic heterocycles. The molecule has 0 spiro atoms. The van der Waals surface area contributed by atoms with E-state index in [0.717, 1.165) is 128 Å². The molecule has 8 rings (SSSR count). The fourth-order valence-electron chi connectivity index (χ4n) is 10.1. The number of anilines is 1. The van der Waals surface area contributed by atoms with Crippen molar-refractivity contribution in [1.82, 2.24) is 28.9 Å². The lowest BCUT2D eigenvalue weighted by atomic mass is 9.80. The largest absolute Gasteiger partial charge is 0.481 e. The number of nitrogens with zero attached hydrogens (tertiary/aromatic N) is 6. The SMILES string of the molecule is Cc1c(C=C(F)c2nc3c(n2C)CCN(C(C)C)C3)cccc1-c1cccc(NC(=O)c2nc3c(n2C)CCN(CCC24CCC(C(=O)O)(CC2)C4)C3)c1C. The van der Waals surface area contributed by atoms with Gasteiger partial charge < -0.3 is 19.6 Å². The second-order valence-electron chi connectivity index (χ2n) is 17.1. The van der Waals surface area contributed by atoms with Gasteiger partial charge in [-0.15, -0.1) is 0 Å². The van der Waals surface area contributed by atoms with Gasteiger partial charge in [-0.25, -0.2) is 14.4 Å². The highest BCUT2D eigenvalue weighted by molar-refractivity contribution is 6.03. The highest BCUT2D eigenvalue weighted by Gasteiger charge is 2.57. The number of hydrogen-bond donors (Lipinski definition) is 2. The number of carboxylic acid groups (broad SMARTS) is 1. The van der Waals surface area contributed by atoms with Crippen LogP contribution in [0.4, 0.5) is 10.1 Å². The number of rotatable bonds is 10. The average molecular weight is 748 g/mol. The molecule has 2 bridgehead atoms. The third-order valence-corrected chi connectivity index (χ3v) is 13.7. The molecule has 0 radical (unpaired) electrons. The first-order valence-electron chi connectivity index (χ1n) is 20.0. The fourth-order valence-corrected chi connectivity index (χ4v) is 10.1. The van der Waals surface area contributed by atoms with Crippen molar-refractivity contribution in [3.63, 3.8) is 0 Å². The van der Waals surface area contributed by atoms with Crippen molar-refractivity contribution in [3.05, 3.63) is 87.5 Å². The first-order valence-corrected chi connectivity index (χ1v) is 20.0. The van der Waals surface area contributed by atoms with E-state index >= 15 is 4.39 Å². The molecule has 0 saturated heterocycles. The molecule has 4 aliphatic rings. The molecule has 290 valence electrons. The predicted octanol–water partition coefficient (Wildman–Crippen LogP) is 7.71. The number of aliphatic carboxylic acids is 1. The van der Waals surface area contributed by atoms with Gasteiger partial charge in [0.25, 0.3) is 5.91 Å². The highest BCUT2D eigenvalue weighted by atomic mass is 19.1. The van der Waals surface area contributed by atoms with Crippen LogP contribution in [-0.4, -0.2) is 71.6 Å². The van der Waals surface area contributed by atoms with E-state index in [1.807, 2.05) is 73.5 Å². The zero-order chi connectivity index (χ0) is 38.8. The summed E-state index contributed by atoms with van der Waals surface area (Å²) in [6, 6.07) is 12.2. The molecule has 2 saturated carbocycles. The number of hydrogen-bond acceptors (Lipinski definition) is 6. The normalized spacial score (nSPS) is 22.7. The number of aromatic nitrogens is 4. The van der Waals surface area contributed by atoms with Gasteiger partial charge in [0.2, 0.25) is 0 Å². The average Bonchev–Trinajstić information content (AvgIpc) is 3.92. The standard InChI is InChI=1S/C44H54FN7O3/c1-27(2)52-21-14-38-36(25-52)46-39(49(38)5)33(45)23-30-9-7-10-31(28(30)3)32-11-8-12-34(29(32)4)48-41(53)40-47-35-24-51(20-13-37(35)50(40)6)22-19-43-15-17-44(26-43,18-16-43)42(54)55/h7-12,23,27H,13-22,24-26H2,1-6H3,(H,48,53)(H,54,55). The summed E-state index contributed by atoms with van der Waals surface area (Å²) in [5.74, 6) is -0.483. The Hall–Kier alpha value is -4.61. The molecule has 2 aromatic heterocycles. The number of imidazole rings is 2. The number of fused-ring (bicyclic) bond motifs is 4. The molecular weight excluding hydrogens is 694 g/mol. The third-order valence-electron chi connectivity index (χ3n) is 13.7. The predicted molar refractivity (Wildman–Crippen MR) is 213 cm³/mol. The molecule has 11 heteroatoms. The van der Waals surface area contributed by atoms with E-state index < -0.39 is 11.4 Å². The molecule has 55 heavy (non-hydrogen) atoms. The molecular formula is C44H54FN7O3. The maximum Gasteiger partial charge on any atom is 0.309 e. The molecule has 0 unspecified atom stereocenters. The van der Waals surface area contributed by atoms with Crippen molar-refractivity contribution in [1.29, 1.82) is 0 Å². The summed E-state index contributed by atoms with van der Waals surface area (Å²) in [5.41, 5.74) is 9.02. The lowest BCUT2D eigenvalue weighted by molar-refractivity contribution is -0.148. The lowest BCUT2D eigenvalue weighted by Gasteiger charge is -2.32. The highest BCUT2D eigenvalue weighted by Crippen LogP contribution is 2.63. The Bertz CT molecular complexity index is 2210. The zero-order valence-electron chi connectivity index (χ0n) is 33.1. The molecule has 2 N–H and O–H groups in total. The van der Waals surface area contributed by atoms with Gasteiger partial charge in [-0.05, 0) is 118 Å². The van der Waals surface area contributed by atoms with E-state index in [1.54, 1.807) is 6.08 Å². The quantitative estimate of drug-likeness (QED) is 0.171. The number of carbonyl (C=O) groups is 2. The molecule has 4 aromatic rings. The fraction of sp³-hybridized carbons (Fsp3) is 0.500. The van der Waals surface area contributed by atoms with E-state index in [2.05, 4.69) is 29.0 Å². The minimum absolute atomic E-state index is 0.155. The Morgan fingerprint density at radius 2 is 1.53 bits per heavy atom. The molecule has 4 heterocycles. The van der Waals surface area contributed by atoms with Crippen molar-refractivity contribution >= 4 is 29.5 Å².